The molecular formula is C18H16N2O6. The van der Waals surface area contributed by atoms with E-state index in [-0.39, 0.29) is 19.3 Å². The lowest BCUT2D eigenvalue weighted by Crippen LogP contribution is -2.44. The number of benzene rings is 1. The standard InChI is InChI=1S/C18H16N2O6/c21-14-7-8-15(22)19(14)12-4-1-11(2-5-12)3-6-13(18(25)26)20-16(23)9-10-17(20)24/h1-2,4-5,7-8,13H,3,6,9-10H2,(H,25,26). The van der Waals surface area contributed by atoms with Crippen LogP contribution < -0.4 is 4.90 Å². The summed E-state index contributed by atoms with van der Waals surface area (Å²) < 4.78 is 0. The molecule has 1 aromatic rings. The molecule has 2 heterocycles. The van der Waals surface area contributed by atoms with Crippen LogP contribution in [0, 0.1) is 0 Å². The average molecular weight is 356 g/mol. The first-order valence-corrected chi connectivity index (χ1v) is 8.11. The van der Waals surface area contributed by atoms with Gasteiger partial charge in [-0.3, -0.25) is 24.1 Å². The Hall–Kier alpha value is -3.29. The highest BCUT2D eigenvalue weighted by Crippen LogP contribution is 2.22. The number of amides is 4. The van der Waals surface area contributed by atoms with E-state index in [1.54, 1.807) is 24.3 Å². The number of carbonyl (C=O) groups excluding carboxylic acids is 4. The molecule has 0 saturated carbocycles. The van der Waals surface area contributed by atoms with Crippen molar-refractivity contribution >= 4 is 35.3 Å². The maximum atomic E-state index is 11.8. The fourth-order valence-corrected chi connectivity index (χ4v) is 3.07. The predicted octanol–water partition coefficient (Wildman–Crippen LogP) is 0.651. The lowest BCUT2D eigenvalue weighted by atomic mass is 10.0. The van der Waals surface area contributed by atoms with Crippen molar-refractivity contribution in [1.82, 2.24) is 4.90 Å². The molecule has 8 nitrogen and oxygen atoms in total. The lowest BCUT2D eigenvalue weighted by Gasteiger charge is -2.22. The summed E-state index contributed by atoms with van der Waals surface area (Å²) in [6, 6.07) is 5.37. The highest BCUT2D eigenvalue weighted by atomic mass is 16.4. The minimum Gasteiger partial charge on any atom is -0.480 e. The molecule has 1 N–H and O–H groups in total. The second-order valence-electron chi connectivity index (χ2n) is 6.06. The summed E-state index contributed by atoms with van der Waals surface area (Å²) in [4.78, 5) is 60.2. The number of carboxylic acids is 1. The van der Waals surface area contributed by atoms with Crippen molar-refractivity contribution in [2.45, 2.75) is 31.7 Å². The molecule has 8 heteroatoms. The largest absolute Gasteiger partial charge is 0.480 e. The van der Waals surface area contributed by atoms with Gasteiger partial charge >= 0.3 is 5.97 Å². The molecule has 1 fully saturated rings. The maximum absolute atomic E-state index is 11.8. The number of hydrogen-bond donors (Lipinski definition) is 1. The van der Waals surface area contributed by atoms with Crippen molar-refractivity contribution in [3.05, 3.63) is 42.0 Å². The fraction of sp³-hybridized carbons (Fsp3) is 0.278. The third-order valence-electron chi connectivity index (χ3n) is 4.40. The number of nitrogens with zero attached hydrogens (tertiary/aromatic N) is 2. The Morgan fingerprint density at radius 1 is 0.962 bits per heavy atom. The summed E-state index contributed by atoms with van der Waals surface area (Å²) >= 11 is 0. The summed E-state index contributed by atoms with van der Waals surface area (Å²) in [5.41, 5.74) is 1.19. The van der Waals surface area contributed by atoms with E-state index in [9.17, 15) is 29.1 Å². The minimum atomic E-state index is -1.22. The van der Waals surface area contributed by atoms with Crippen LogP contribution in [0.1, 0.15) is 24.8 Å². The van der Waals surface area contributed by atoms with E-state index < -0.39 is 35.6 Å². The number of carboxylic acid groups (broad SMARTS) is 1. The van der Waals surface area contributed by atoms with Gasteiger partial charge in [-0.15, -0.1) is 0 Å². The number of anilines is 1. The Balaban J connectivity index is 1.68. The molecule has 2 aliphatic heterocycles. The average Bonchev–Trinajstić information content (AvgIpc) is 3.11. The number of rotatable bonds is 6. The Morgan fingerprint density at radius 3 is 2.00 bits per heavy atom. The zero-order chi connectivity index (χ0) is 18.8. The Morgan fingerprint density at radius 2 is 1.50 bits per heavy atom. The zero-order valence-corrected chi connectivity index (χ0v) is 13.8. The molecule has 1 saturated heterocycles. The van der Waals surface area contributed by atoms with E-state index in [2.05, 4.69) is 0 Å². The molecule has 26 heavy (non-hydrogen) atoms. The van der Waals surface area contributed by atoms with E-state index >= 15 is 0 Å². The first-order chi connectivity index (χ1) is 12.4. The van der Waals surface area contributed by atoms with Crippen molar-refractivity contribution < 1.29 is 29.1 Å². The van der Waals surface area contributed by atoms with Crippen LogP contribution in [0.4, 0.5) is 5.69 Å². The summed E-state index contributed by atoms with van der Waals surface area (Å²) in [5.74, 6) is -2.98. The van der Waals surface area contributed by atoms with Crippen LogP contribution in [0.2, 0.25) is 0 Å². The van der Waals surface area contributed by atoms with Crippen molar-refractivity contribution in [3.63, 3.8) is 0 Å². The van der Waals surface area contributed by atoms with E-state index in [1.165, 1.54) is 12.2 Å². The van der Waals surface area contributed by atoms with Crippen LogP contribution in [-0.4, -0.2) is 45.6 Å². The van der Waals surface area contributed by atoms with Crippen molar-refractivity contribution in [2.75, 3.05) is 4.90 Å². The Bertz CT molecular complexity index is 793. The third-order valence-corrected chi connectivity index (χ3v) is 4.40. The molecule has 1 aromatic carbocycles. The van der Waals surface area contributed by atoms with Crippen LogP contribution in [0.5, 0.6) is 0 Å². The van der Waals surface area contributed by atoms with Gasteiger partial charge in [0.05, 0.1) is 5.69 Å². The molecule has 0 aromatic heterocycles. The Labute approximate surface area is 148 Å². The zero-order valence-electron chi connectivity index (χ0n) is 13.8. The molecule has 2 aliphatic rings. The number of aryl methyl sites for hydroxylation is 1. The van der Waals surface area contributed by atoms with Crippen molar-refractivity contribution in [2.24, 2.45) is 0 Å². The molecule has 0 bridgehead atoms. The molecule has 1 unspecified atom stereocenters. The molecule has 0 spiro atoms. The molecule has 0 aliphatic carbocycles. The molecule has 1 atom stereocenters. The van der Waals surface area contributed by atoms with Crippen LogP contribution in [-0.2, 0) is 30.4 Å². The van der Waals surface area contributed by atoms with Gasteiger partial charge in [0.25, 0.3) is 11.8 Å². The summed E-state index contributed by atoms with van der Waals surface area (Å²) in [6.07, 6.45) is 2.89. The normalized spacial score (nSPS) is 18.2. The lowest BCUT2D eigenvalue weighted by molar-refractivity contribution is -0.154. The van der Waals surface area contributed by atoms with Gasteiger partial charge in [-0.05, 0) is 30.5 Å². The predicted molar refractivity (Wildman–Crippen MR) is 88.9 cm³/mol. The van der Waals surface area contributed by atoms with Gasteiger partial charge in [-0.2, -0.15) is 0 Å². The van der Waals surface area contributed by atoms with E-state index in [1.807, 2.05) is 0 Å². The molecule has 3 rings (SSSR count). The van der Waals surface area contributed by atoms with Gasteiger partial charge in [0, 0.05) is 25.0 Å². The van der Waals surface area contributed by atoms with Gasteiger partial charge in [0.15, 0.2) is 0 Å². The number of aliphatic carboxylic acids is 1. The molecular weight excluding hydrogens is 340 g/mol. The van der Waals surface area contributed by atoms with Crippen LogP contribution in [0.25, 0.3) is 0 Å². The van der Waals surface area contributed by atoms with Gasteiger partial charge in [0.1, 0.15) is 6.04 Å². The molecule has 0 radical (unpaired) electrons. The van der Waals surface area contributed by atoms with E-state index in [0.717, 1.165) is 15.4 Å². The topological polar surface area (TPSA) is 112 Å². The third kappa shape index (κ3) is 3.26. The summed E-state index contributed by atoms with van der Waals surface area (Å²) in [7, 11) is 0. The van der Waals surface area contributed by atoms with Crippen molar-refractivity contribution in [3.8, 4) is 0 Å². The minimum absolute atomic E-state index is 0.0449. The quantitative estimate of drug-likeness (QED) is 0.749. The van der Waals surface area contributed by atoms with Gasteiger partial charge < -0.3 is 5.11 Å². The highest BCUT2D eigenvalue weighted by molar-refractivity contribution is 6.28. The Kier molecular flexibility index (Phi) is 4.66. The van der Waals surface area contributed by atoms with Crippen LogP contribution >= 0.6 is 0 Å². The fourth-order valence-electron chi connectivity index (χ4n) is 3.07. The smallest absolute Gasteiger partial charge is 0.326 e. The summed E-state index contributed by atoms with van der Waals surface area (Å²) in [5, 5.41) is 9.36. The van der Waals surface area contributed by atoms with Gasteiger partial charge in [-0.1, -0.05) is 12.1 Å². The highest BCUT2D eigenvalue weighted by Gasteiger charge is 2.38. The SMILES string of the molecule is O=C(O)C(CCc1ccc(N2C(=O)C=CC2=O)cc1)N1C(=O)CCC1=O. The molecule has 134 valence electrons. The van der Waals surface area contributed by atoms with Crippen LogP contribution in [0.3, 0.4) is 0 Å². The van der Waals surface area contributed by atoms with Crippen LogP contribution in [0.15, 0.2) is 36.4 Å². The van der Waals surface area contributed by atoms with Gasteiger partial charge in [-0.25, -0.2) is 9.69 Å². The number of carbonyl (C=O) groups is 5. The van der Waals surface area contributed by atoms with E-state index in [0.29, 0.717) is 12.1 Å². The second-order valence-corrected chi connectivity index (χ2v) is 6.06. The first-order valence-electron chi connectivity index (χ1n) is 8.11. The number of likely N-dealkylation sites (tertiary alicyclic amines) is 1. The second kappa shape index (κ2) is 6.91. The first kappa shape index (κ1) is 17.5. The number of imide groups is 2. The van der Waals surface area contributed by atoms with E-state index in [4.69, 9.17) is 0 Å². The number of hydrogen-bond acceptors (Lipinski definition) is 5. The van der Waals surface area contributed by atoms with Gasteiger partial charge in [0.2, 0.25) is 11.8 Å². The molecule has 4 amide bonds. The monoisotopic (exact) mass is 356 g/mol. The van der Waals surface area contributed by atoms with Crippen molar-refractivity contribution in [1.29, 1.82) is 0 Å². The summed E-state index contributed by atoms with van der Waals surface area (Å²) in [6.45, 7) is 0. The maximum Gasteiger partial charge on any atom is 0.326 e.